The minimum atomic E-state index is -5.92. The van der Waals surface area contributed by atoms with Gasteiger partial charge < -0.3 is 14.4 Å². The van der Waals surface area contributed by atoms with Gasteiger partial charge >= 0.3 is 0 Å². The summed E-state index contributed by atoms with van der Waals surface area (Å²) in [5, 5.41) is 0. The highest BCUT2D eigenvalue weighted by atomic mass is 31.2. The molecule has 72 valence electrons. The summed E-state index contributed by atoms with van der Waals surface area (Å²) in [6.45, 7) is 0. The molecule has 0 radical (unpaired) electrons. The van der Waals surface area contributed by atoms with E-state index in [0.29, 0.717) is 0 Å². The minimum absolute atomic E-state index is 0.802. The van der Waals surface area contributed by atoms with Gasteiger partial charge in [-0.25, -0.2) is 0 Å². The van der Waals surface area contributed by atoms with E-state index in [-0.39, 0.29) is 0 Å². The van der Waals surface area contributed by atoms with Crippen LogP contribution in [0.4, 0.5) is 8.78 Å². The van der Waals surface area contributed by atoms with Gasteiger partial charge in [-0.2, -0.15) is 8.78 Å². The van der Waals surface area contributed by atoms with Crippen molar-refractivity contribution in [2.45, 2.75) is 5.66 Å². The van der Waals surface area contributed by atoms with Crippen molar-refractivity contribution in [2.24, 2.45) is 0 Å². The van der Waals surface area contributed by atoms with E-state index in [1.54, 1.807) is 0 Å². The molecule has 1 aromatic rings. The summed E-state index contributed by atoms with van der Waals surface area (Å²) >= 11 is 0. The Kier molecular flexibility index (Phi) is 2.52. The quantitative estimate of drug-likeness (QED) is 0.667. The van der Waals surface area contributed by atoms with E-state index < -0.39 is 18.8 Å². The Labute approximate surface area is 73.2 Å². The molecule has 0 atom stereocenters. The molecule has 0 saturated heterocycles. The maximum absolute atomic E-state index is 12.8. The first-order chi connectivity index (χ1) is 5.86. The number of rotatable bonds is 2. The maximum Gasteiger partial charge on any atom is 0.296 e. The second-order valence-corrected chi connectivity index (χ2v) is 3.96. The van der Waals surface area contributed by atoms with Gasteiger partial charge in [0.1, 0.15) is 0 Å². The van der Waals surface area contributed by atoms with Crippen LogP contribution in [0.15, 0.2) is 30.3 Å². The van der Waals surface area contributed by atoms with E-state index in [4.69, 9.17) is 0 Å². The Bertz CT molecular complexity index is 333. The van der Waals surface area contributed by atoms with E-state index in [1.807, 2.05) is 0 Å². The second kappa shape index (κ2) is 3.18. The third-order valence-electron chi connectivity index (χ3n) is 1.47. The molecule has 3 nitrogen and oxygen atoms in total. The van der Waals surface area contributed by atoms with Crippen molar-refractivity contribution in [3.63, 3.8) is 0 Å². The van der Waals surface area contributed by atoms with Crippen molar-refractivity contribution in [1.29, 1.82) is 0 Å². The van der Waals surface area contributed by atoms with E-state index >= 15 is 0 Å². The number of benzene rings is 1. The van der Waals surface area contributed by atoms with Crippen LogP contribution >= 0.6 is 7.60 Å². The lowest BCUT2D eigenvalue weighted by Gasteiger charge is -2.37. The molecule has 0 aromatic heterocycles. The Morgan fingerprint density at radius 2 is 1.62 bits per heavy atom. The van der Waals surface area contributed by atoms with Crippen molar-refractivity contribution in [3.05, 3.63) is 35.9 Å². The van der Waals surface area contributed by atoms with Gasteiger partial charge in [-0.1, -0.05) is 30.3 Å². The summed E-state index contributed by atoms with van der Waals surface area (Å²) in [5.41, 5.74) is -5.13. The molecule has 0 amide bonds. The molecular formula is C7H5F2O3P-2. The van der Waals surface area contributed by atoms with Gasteiger partial charge in [0, 0.05) is 13.2 Å². The van der Waals surface area contributed by atoms with Gasteiger partial charge in [-0.3, -0.25) is 0 Å². The predicted octanol–water partition coefficient (Wildman–Crippen LogP) is 0.650. The molecule has 1 aromatic carbocycles. The SMILES string of the molecule is O=P([O-])([O-])C(F)(F)c1ccccc1. The van der Waals surface area contributed by atoms with Crippen LogP contribution in [-0.4, -0.2) is 0 Å². The molecule has 6 heteroatoms. The van der Waals surface area contributed by atoms with Gasteiger partial charge in [-0.15, -0.1) is 0 Å². The number of hydrogen-bond acceptors (Lipinski definition) is 3. The lowest BCUT2D eigenvalue weighted by molar-refractivity contribution is -0.335. The summed E-state index contributed by atoms with van der Waals surface area (Å²) in [7, 11) is -5.92. The molecule has 0 aliphatic heterocycles. The molecule has 0 saturated carbocycles. The fourth-order valence-electron chi connectivity index (χ4n) is 0.797. The minimum Gasteiger partial charge on any atom is -0.806 e. The first-order valence-corrected chi connectivity index (χ1v) is 4.85. The average molecular weight is 206 g/mol. The second-order valence-electron chi connectivity index (χ2n) is 2.40. The monoisotopic (exact) mass is 206 g/mol. The zero-order chi connectivity index (χ0) is 10.1. The van der Waals surface area contributed by atoms with Crippen LogP contribution in [0.1, 0.15) is 5.56 Å². The van der Waals surface area contributed by atoms with Gasteiger partial charge in [0.25, 0.3) is 5.66 Å². The van der Waals surface area contributed by atoms with Crippen molar-refractivity contribution in [3.8, 4) is 0 Å². The molecule has 1 rings (SSSR count). The van der Waals surface area contributed by atoms with Crippen LogP contribution in [0.5, 0.6) is 0 Å². The van der Waals surface area contributed by atoms with Crippen LogP contribution < -0.4 is 9.79 Å². The molecule has 0 spiro atoms. The fourth-order valence-corrected chi connectivity index (χ4v) is 1.26. The average Bonchev–Trinajstić information content (AvgIpc) is 2.04. The molecule has 0 unspecified atom stereocenters. The summed E-state index contributed by atoms with van der Waals surface area (Å²) in [6.07, 6.45) is 0. The molecule has 0 N–H and O–H groups in total. The molecule has 13 heavy (non-hydrogen) atoms. The highest BCUT2D eigenvalue weighted by molar-refractivity contribution is 7.49. The zero-order valence-electron chi connectivity index (χ0n) is 6.31. The van der Waals surface area contributed by atoms with Crippen LogP contribution in [0.3, 0.4) is 0 Å². The molecule has 0 bridgehead atoms. The zero-order valence-corrected chi connectivity index (χ0v) is 7.21. The third kappa shape index (κ3) is 1.94. The van der Waals surface area contributed by atoms with Crippen molar-refractivity contribution < 1.29 is 23.1 Å². The Balaban J connectivity index is 3.16. The number of halogens is 2. The molecule has 0 aliphatic carbocycles. The summed E-state index contributed by atoms with van der Waals surface area (Å²) in [6, 6.07) is 5.70. The summed E-state index contributed by atoms with van der Waals surface area (Å²) in [5.74, 6) is 0. The molecule has 0 aliphatic rings. The highest BCUT2D eigenvalue weighted by Gasteiger charge is 2.35. The first kappa shape index (κ1) is 10.3. The highest BCUT2D eigenvalue weighted by Crippen LogP contribution is 2.52. The van der Waals surface area contributed by atoms with Gasteiger partial charge in [-0.05, 0) is 0 Å². The Hall–Kier alpha value is -0.770. The molecule has 0 heterocycles. The van der Waals surface area contributed by atoms with E-state index in [1.165, 1.54) is 18.2 Å². The van der Waals surface area contributed by atoms with Gasteiger partial charge in [0.05, 0.1) is 0 Å². The van der Waals surface area contributed by atoms with Crippen molar-refractivity contribution in [1.82, 2.24) is 0 Å². The Morgan fingerprint density at radius 1 is 1.15 bits per heavy atom. The van der Waals surface area contributed by atoms with Crippen LogP contribution in [-0.2, 0) is 10.2 Å². The molecule has 0 fully saturated rings. The summed E-state index contributed by atoms with van der Waals surface area (Å²) in [4.78, 5) is 20.4. The lowest BCUT2D eigenvalue weighted by Crippen LogP contribution is -2.29. The first-order valence-electron chi connectivity index (χ1n) is 3.31. The van der Waals surface area contributed by atoms with Crippen LogP contribution in [0.25, 0.3) is 0 Å². The standard InChI is InChI=1S/C7H7F2O3P/c8-7(9,13(10,11)12)6-4-2-1-3-5-6/h1-5H,(H2,10,11,12)/p-2. The van der Waals surface area contributed by atoms with E-state index in [2.05, 4.69) is 0 Å². The van der Waals surface area contributed by atoms with Gasteiger partial charge in [0.2, 0.25) is 0 Å². The van der Waals surface area contributed by atoms with E-state index in [0.717, 1.165) is 12.1 Å². The van der Waals surface area contributed by atoms with Crippen LogP contribution in [0.2, 0.25) is 0 Å². The lowest BCUT2D eigenvalue weighted by atomic mass is 10.2. The number of hydrogen-bond donors (Lipinski definition) is 0. The normalized spacial score (nSPS) is 12.9. The molecular weight excluding hydrogens is 201 g/mol. The maximum atomic E-state index is 12.8. The third-order valence-corrected chi connectivity index (χ3v) is 2.41. The largest absolute Gasteiger partial charge is 0.806 e. The topological polar surface area (TPSA) is 63.2 Å². The Morgan fingerprint density at radius 3 is 2.00 bits per heavy atom. The summed E-state index contributed by atoms with van der Waals surface area (Å²) < 4.78 is 35.7. The fraction of sp³-hybridized carbons (Fsp3) is 0.143. The smallest absolute Gasteiger partial charge is 0.296 e. The number of alkyl halides is 2. The predicted molar refractivity (Wildman–Crippen MR) is 37.9 cm³/mol. The van der Waals surface area contributed by atoms with E-state index in [9.17, 15) is 23.1 Å². The van der Waals surface area contributed by atoms with Crippen molar-refractivity contribution in [2.75, 3.05) is 0 Å². The van der Waals surface area contributed by atoms with Gasteiger partial charge in [0.15, 0.2) is 0 Å². The van der Waals surface area contributed by atoms with Crippen LogP contribution in [0, 0.1) is 0 Å². The van der Waals surface area contributed by atoms with Crippen molar-refractivity contribution >= 4 is 7.60 Å².